The number of benzene rings is 2. The maximum Gasteiger partial charge on any atom is 0.325 e. The van der Waals surface area contributed by atoms with Gasteiger partial charge >= 0.3 is 6.03 Å². The van der Waals surface area contributed by atoms with Gasteiger partial charge in [0.05, 0.1) is 0 Å². The highest BCUT2D eigenvalue weighted by Gasteiger charge is 2.52. The van der Waals surface area contributed by atoms with Gasteiger partial charge in [-0.15, -0.1) is 0 Å². The summed E-state index contributed by atoms with van der Waals surface area (Å²) in [6, 6.07) is 15.1. The summed E-state index contributed by atoms with van der Waals surface area (Å²) >= 11 is 3.48. The third-order valence-corrected chi connectivity index (χ3v) is 6.54. The summed E-state index contributed by atoms with van der Waals surface area (Å²) in [6.45, 7) is 0.136. The van der Waals surface area contributed by atoms with Crippen LogP contribution in [0.25, 0.3) is 0 Å². The number of likely N-dealkylation sites (N-methyl/N-ethyl adjacent to an activating group) is 1. The lowest BCUT2D eigenvalue weighted by molar-refractivity contribution is -0.138. The fourth-order valence-electron chi connectivity index (χ4n) is 4.07. The molecule has 4 rings (SSSR count). The SMILES string of the molecule is CN(Cc1ccccc1Br)C(=O)CN1C(=O)NC2(CCc3ccccc3C2)C1=O. The number of carbonyl (C=O) groups is 3. The van der Waals surface area contributed by atoms with E-state index in [0.29, 0.717) is 19.4 Å². The first kappa shape index (κ1) is 19.6. The largest absolute Gasteiger partial charge is 0.340 e. The Bertz CT molecular complexity index is 993. The quantitative estimate of drug-likeness (QED) is 0.720. The predicted molar refractivity (Wildman–Crippen MR) is 112 cm³/mol. The van der Waals surface area contributed by atoms with Gasteiger partial charge < -0.3 is 10.2 Å². The van der Waals surface area contributed by atoms with Crippen molar-refractivity contribution in [2.75, 3.05) is 13.6 Å². The second-order valence-corrected chi connectivity index (χ2v) is 8.54. The Balaban J connectivity index is 1.46. The van der Waals surface area contributed by atoms with E-state index in [1.807, 2.05) is 42.5 Å². The van der Waals surface area contributed by atoms with Crippen molar-refractivity contribution in [2.45, 2.75) is 31.3 Å². The van der Waals surface area contributed by atoms with Crippen LogP contribution in [0.15, 0.2) is 53.0 Å². The number of halogens is 1. The number of fused-ring (bicyclic) bond motifs is 1. The number of aryl methyl sites for hydroxylation is 1. The molecule has 0 saturated carbocycles. The second-order valence-electron chi connectivity index (χ2n) is 7.69. The van der Waals surface area contributed by atoms with Crippen LogP contribution in [0.5, 0.6) is 0 Å². The molecule has 1 saturated heterocycles. The van der Waals surface area contributed by atoms with E-state index in [-0.39, 0.29) is 18.4 Å². The van der Waals surface area contributed by atoms with E-state index >= 15 is 0 Å². The molecule has 1 N–H and O–H groups in total. The van der Waals surface area contributed by atoms with E-state index in [4.69, 9.17) is 0 Å². The third kappa shape index (κ3) is 3.67. The molecule has 1 atom stereocenters. The van der Waals surface area contributed by atoms with Crippen LogP contribution in [0.1, 0.15) is 23.1 Å². The van der Waals surface area contributed by atoms with Gasteiger partial charge in [0.2, 0.25) is 5.91 Å². The number of amides is 4. The maximum absolute atomic E-state index is 13.1. The Labute approximate surface area is 178 Å². The highest BCUT2D eigenvalue weighted by atomic mass is 79.9. The van der Waals surface area contributed by atoms with Crippen molar-refractivity contribution >= 4 is 33.8 Å². The number of urea groups is 1. The number of rotatable bonds is 4. The standard InChI is InChI=1S/C22H22BrN3O3/c1-25(13-17-8-4-5-9-18(17)23)19(27)14-26-20(28)22(24-21(26)29)11-10-15-6-2-3-7-16(15)12-22/h2-9H,10-14H2,1H3,(H,24,29). The molecule has 6 nitrogen and oxygen atoms in total. The minimum absolute atomic E-state index is 0.255. The predicted octanol–water partition coefficient (Wildman–Crippen LogP) is 2.89. The van der Waals surface area contributed by atoms with Crippen molar-refractivity contribution in [2.24, 2.45) is 0 Å². The second kappa shape index (κ2) is 7.63. The Kier molecular flexibility index (Phi) is 5.17. The fraction of sp³-hybridized carbons (Fsp3) is 0.318. The van der Waals surface area contributed by atoms with Crippen LogP contribution >= 0.6 is 15.9 Å². The lowest BCUT2D eigenvalue weighted by atomic mass is 9.78. The summed E-state index contributed by atoms with van der Waals surface area (Å²) in [7, 11) is 1.67. The van der Waals surface area contributed by atoms with Crippen molar-refractivity contribution in [3.8, 4) is 0 Å². The van der Waals surface area contributed by atoms with E-state index in [1.54, 1.807) is 7.05 Å². The average molecular weight is 456 g/mol. The molecule has 1 aliphatic heterocycles. The Hall–Kier alpha value is -2.67. The molecule has 4 amide bonds. The Morgan fingerprint density at radius 2 is 1.83 bits per heavy atom. The van der Waals surface area contributed by atoms with Gasteiger partial charge in [0, 0.05) is 24.5 Å². The smallest absolute Gasteiger partial charge is 0.325 e. The molecule has 0 radical (unpaired) electrons. The molecule has 0 bridgehead atoms. The van der Waals surface area contributed by atoms with Crippen molar-refractivity contribution in [3.05, 3.63) is 69.7 Å². The molecule has 0 aromatic heterocycles. The van der Waals surface area contributed by atoms with Crippen molar-refractivity contribution in [1.29, 1.82) is 0 Å². The van der Waals surface area contributed by atoms with Crippen LogP contribution in [0.3, 0.4) is 0 Å². The van der Waals surface area contributed by atoms with E-state index in [0.717, 1.165) is 26.9 Å². The van der Waals surface area contributed by atoms with E-state index in [1.165, 1.54) is 10.5 Å². The molecule has 1 fully saturated rings. The Morgan fingerprint density at radius 1 is 1.14 bits per heavy atom. The fourth-order valence-corrected chi connectivity index (χ4v) is 4.48. The van der Waals surface area contributed by atoms with Crippen LogP contribution in [0.4, 0.5) is 4.79 Å². The van der Waals surface area contributed by atoms with Crippen molar-refractivity contribution in [1.82, 2.24) is 15.1 Å². The van der Waals surface area contributed by atoms with Gasteiger partial charge in [0.15, 0.2) is 0 Å². The number of hydrogen-bond acceptors (Lipinski definition) is 3. The van der Waals surface area contributed by atoms with Crippen LogP contribution in [-0.2, 0) is 29.0 Å². The van der Waals surface area contributed by atoms with Crippen LogP contribution in [0.2, 0.25) is 0 Å². The highest BCUT2D eigenvalue weighted by Crippen LogP contribution is 2.33. The molecule has 2 aromatic rings. The summed E-state index contributed by atoms with van der Waals surface area (Å²) in [6.07, 6.45) is 1.74. The summed E-state index contributed by atoms with van der Waals surface area (Å²) in [4.78, 5) is 41.0. The van der Waals surface area contributed by atoms with Gasteiger partial charge in [-0.05, 0) is 35.6 Å². The molecule has 1 spiro atoms. The summed E-state index contributed by atoms with van der Waals surface area (Å²) in [5.74, 6) is -0.586. The number of hydrogen-bond donors (Lipinski definition) is 1. The maximum atomic E-state index is 13.1. The van der Waals surface area contributed by atoms with Gasteiger partial charge in [0.25, 0.3) is 5.91 Å². The van der Waals surface area contributed by atoms with Gasteiger partial charge in [-0.25, -0.2) is 4.79 Å². The minimum Gasteiger partial charge on any atom is -0.340 e. The molecule has 7 heteroatoms. The van der Waals surface area contributed by atoms with Gasteiger partial charge in [0.1, 0.15) is 12.1 Å². The lowest BCUT2D eigenvalue weighted by Gasteiger charge is -2.32. The molecular weight excluding hydrogens is 434 g/mol. The molecular formula is C22H22BrN3O3. The number of nitrogens with zero attached hydrogens (tertiary/aromatic N) is 2. The van der Waals surface area contributed by atoms with Gasteiger partial charge in [-0.1, -0.05) is 58.4 Å². The third-order valence-electron chi connectivity index (χ3n) is 5.76. The number of carbonyl (C=O) groups excluding carboxylic acids is 3. The van der Waals surface area contributed by atoms with Crippen LogP contribution in [0, 0.1) is 0 Å². The van der Waals surface area contributed by atoms with E-state index in [2.05, 4.69) is 27.3 Å². The monoisotopic (exact) mass is 455 g/mol. The highest BCUT2D eigenvalue weighted by molar-refractivity contribution is 9.10. The average Bonchev–Trinajstić information content (AvgIpc) is 2.93. The number of nitrogens with one attached hydrogen (secondary N) is 1. The molecule has 1 unspecified atom stereocenters. The first-order chi connectivity index (χ1) is 13.9. The minimum atomic E-state index is -0.938. The molecule has 1 aliphatic carbocycles. The van der Waals surface area contributed by atoms with Crippen molar-refractivity contribution in [3.63, 3.8) is 0 Å². The molecule has 29 heavy (non-hydrogen) atoms. The topological polar surface area (TPSA) is 69.7 Å². The first-order valence-corrected chi connectivity index (χ1v) is 10.4. The number of imide groups is 1. The summed E-state index contributed by atoms with van der Waals surface area (Å²) < 4.78 is 0.912. The lowest BCUT2D eigenvalue weighted by Crippen LogP contribution is -2.51. The zero-order valence-electron chi connectivity index (χ0n) is 16.2. The summed E-state index contributed by atoms with van der Waals surface area (Å²) in [5, 5.41) is 2.87. The Morgan fingerprint density at radius 3 is 2.59 bits per heavy atom. The molecule has 150 valence electrons. The van der Waals surface area contributed by atoms with Crippen molar-refractivity contribution < 1.29 is 14.4 Å². The zero-order chi connectivity index (χ0) is 20.6. The molecule has 2 aliphatic rings. The first-order valence-electron chi connectivity index (χ1n) is 9.58. The molecule has 2 aromatic carbocycles. The van der Waals surface area contributed by atoms with E-state index < -0.39 is 11.6 Å². The van der Waals surface area contributed by atoms with Gasteiger partial charge in [-0.3, -0.25) is 14.5 Å². The van der Waals surface area contributed by atoms with Gasteiger partial charge in [-0.2, -0.15) is 0 Å². The van der Waals surface area contributed by atoms with E-state index in [9.17, 15) is 14.4 Å². The summed E-state index contributed by atoms with van der Waals surface area (Å²) in [5.41, 5.74) is 2.31. The molecule has 1 heterocycles. The normalized spacial score (nSPS) is 20.6. The zero-order valence-corrected chi connectivity index (χ0v) is 17.7. The van der Waals surface area contributed by atoms with Crippen LogP contribution < -0.4 is 5.32 Å². The van der Waals surface area contributed by atoms with Crippen LogP contribution in [-0.4, -0.2) is 46.8 Å².